The number of nitrogens with zero attached hydrogens (tertiary/aromatic N) is 3. The van der Waals surface area contributed by atoms with Crippen molar-refractivity contribution in [3.8, 4) is 17.1 Å². The van der Waals surface area contributed by atoms with E-state index in [9.17, 15) is 4.79 Å². The minimum atomic E-state index is -0.0826. The van der Waals surface area contributed by atoms with Crippen LogP contribution in [0.3, 0.4) is 0 Å². The summed E-state index contributed by atoms with van der Waals surface area (Å²) < 4.78 is 12.5. The summed E-state index contributed by atoms with van der Waals surface area (Å²) in [4.78, 5) is 16.8. The average Bonchev–Trinajstić information content (AvgIpc) is 3.42. The van der Waals surface area contributed by atoms with Gasteiger partial charge in [-0.15, -0.1) is 11.3 Å². The molecule has 0 aliphatic heterocycles. The van der Waals surface area contributed by atoms with Crippen molar-refractivity contribution in [3.05, 3.63) is 63.8 Å². The normalized spacial score (nSPS) is 11.1. The van der Waals surface area contributed by atoms with Crippen molar-refractivity contribution in [1.29, 1.82) is 0 Å². The Balaban J connectivity index is 1.49. The first-order chi connectivity index (χ1) is 13.5. The first-order valence-corrected chi connectivity index (χ1v) is 9.75. The number of hydrogen-bond donors (Lipinski definition) is 1. The molecule has 0 aliphatic rings. The van der Waals surface area contributed by atoms with Gasteiger partial charge in [-0.1, -0.05) is 5.16 Å². The number of hydrogen-bond acceptors (Lipinski definition) is 6. The van der Waals surface area contributed by atoms with Gasteiger partial charge in [0.15, 0.2) is 5.82 Å². The Morgan fingerprint density at radius 2 is 2.14 bits per heavy atom. The van der Waals surface area contributed by atoms with Gasteiger partial charge in [0.05, 0.1) is 24.9 Å². The fraction of sp³-hybridized carbons (Fsp3) is 0.250. The number of rotatable bonds is 6. The minimum Gasteiger partial charge on any atom is -0.467 e. The van der Waals surface area contributed by atoms with Crippen LogP contribution in [0, 0.1) is 20.8 Å². The van der Waals surface area contributed by atoms with Crippen LogP contribution in [0.1, 0.15) is 27.9 Å². The minimum absolute atomic E-state index is 0.0826. The van der Waals surface area contributed by atoms with Crippen LogP contribution in [0.4, 0.5) is 0 Å². The third-order valence-corrected chi connectivity index (χ3v) is 5.30. The Morgan fingerprint density at radius 3 is 2.86 bits per heavy atom. The van der Waals surface area contributed by atoms with Crippen LogP contribution in [0.2, 0.25) is 0 Å². The molecule has 0 saturated carbocycles. The molecule has 0 saturated heterocycles. The molecule has 0 spiro atoms. The van der Waals surface area contributed by atoms with Gasteiger partial charge in [-0.2, -0.15) is 0 Å². The zero-order valence-electron chi connectivity index (χ0n) is 15.9. The predicted molar refractivity (Wildman–Crippen MR) is 105 cm³/mol. The Kier molecular flexibility index (Phi) is 4.87. The lowest BCUT2D eigenvalue weighted by Crippen LogP contribution is -2.24. The Bertz CT molecular complexity index is 1100. The van der Waals surface area contributed by atoms with Crippen LogP contribution >= 0.6 is 11.3 Å². The number of carbonyl (C=O) groups excluding carboxylic acids is 1. The molecular formula is C20H20N4O3S. The van der Waals surface area contributed by atoms with Crippen molar-refractivity contribution < 1.29 is 13.7 Å². The highest BCUT2D eigenvalue weighted by Crippen LogP contribution is 2.30. The number of carbonyl (C=O) groups is 1. The Morgan fingerprint density at radius 1 is 1.29 bits per heavy atom. The summed E-state index contributed by atoms with van der Waals surface area (Å²) >= 11 is 1.48. The molecule has 0 unspecified atom stereocenters. The second kappa shape index (κ2) is 7.47. The molecule has 144 valence electrons. The topological polar surface area (TPSA) is 86.1 Å². The molecule has 1 N–H and O–H groups in total. The summed E-state index contributed by atoms with van der Waals surface area (Å²) in [5.74, 6) is 2.16. The number of furan rings is 1. The van der Waals surface area contributed by atoms with Crippen molar-refractivity contribution >= 4 is 17.2 Å². The van der Waals surface area contributed by atoms with Crippen molar-refractivity contribution in [2.75, 3.05) is 0 Å². The highest BCUT2D eigenvalue weighted by atomic mass is 32.1. The maximum Gasteiger partial charge on any atom is 0.227 e. The third-order valence-electron chi connectivity index (χ3n) is 4.46. The van der Waals surface area contributed by atoms with Gasteiger partial charge in [0, 0.05) is 28.4 Å². The fourth-order valence-electron chi connectivity index (χ4n) is 3.15. The van der Waals surface area contributed by atoms with Gasteiger partial charge >= 0.3 is 0 Å². The number of nitrogens with one attached hydrogen (secondary N) is 1. The van der Waals surface area contributed by atoms with E-state index in [1.165, 1.54) is 11.3 Å². The average molecular weight is 396 g/mol. The van der Waals surface area contributed by atoms with Gasteiger partial charge in [0.1, 0.15) is 16.5 Å². The quantitative estimate of drug-likeness (QED) is 0.533. The van der Waals surface area contributed by atoms with Crippen LogP contribution in [0.5, 0.6) is 0 Å². The van der Waals surface area contributed by atoms with E-state index in [0.717, 1.165) is 45.0 Å². The van der Waals surface area contributed by atoms with E-state index in [2.05, 4.69) is 21.5 Å². The van der Waals surface area contributed by atoms with Gasteiger partial charge in [-0.25, -0.2) is 4.98 Å². The van der Waals surface area contributed by atoms with E-state index in [1.54, 1.807) is 12.3 Å². The monoisotopic (exact) mass is 396 g/mol. The lowest BCUT2D eigenvalue weighted by molar-refractivity contribution is -0.120. The van der Waals surface area contributed by atoms with Crippen molar-refractivity contribution in [3.63, 3.8) is 0 Å². The van der Waals surface area contributed by atoms with Crippen molar-refractivity contribution in [2.45, 2.75) is 33.7 Å². The van der Waals surface area contributed by atoms with Gasteiger partial charge in [-0.3, -0.25) is 9.36 Å². The van der Waals surface area contributed by atoms with E-state index >= 15 is 0 Å². The number of amides is 1. The van der Waals surface area contributed by atoms with Gasteiger partial charge < -0.3 is 14.3 Å². The molecule has 4 aromatic heterocycles. The number of aromatic nitrogens is 3. The molecule has 4 rings (SSSR count). The molecule has 0 radical (unpaired) electrons. The van der Waals surface area contributed by atoms with E-state index in [-0.39, 0.29) is 12.3 Å². The molecule has 8 heteroatoms. The maximum atomic E-state index is 12.2. The first kappa shape index (κ1) is 18.2. The summed E-state index contributed by atoms with van der Waals surface area (Å²) in [7, 11) is 0. The molecule has 0 bridgehead atoms. The maximum absolute atomic E-state index is 12.2. The van der Waals surface area contributed by atoms with E-state index < -0.39 is 0 Å². The molecule has 28 heavy (non-hydrogen) atoms. The first-order valence-electron chi connectivity index (χ1n) is 8.88. The van der Waals surface area contributed by atoms with Crippen molar-refractivity contribution in [2.24, 2.45) is 0 Å². The lowest BCUT2D eigenvalue weighted by Gasteiger charge is -2.04. The van der Waals surface area contributed by atoms with Crippen molar-refractivity contribution in [1.82, 2.24) is 20.0 Å². The van der Waals surface area contributed by atoms with Gasteiger partial charge in [-0.05, 0) is 39.0 Å². The van der Waals surface area contributed by atoms with Crippen LogP contribution in [-0.4, -0.2) is 20.6 Å². The zero-order valence-corrected chi connectivity index (χ0v) is 16.7. The highest BCUT2D eigenvalue weighted by molar-refractivity contribution is 7.10. The molecule has 0 atom stereocenters. The standard InChI is InChI=1S/C20H20N4O3S/c1-12-7-16(14(3)24(12)18-8-13(2)27-23-18)17-11-28-20(22-17)9-19(25)21-10-15-5-4-6-26-15/h4-8,11H,9-10H2,1-3H3,(H,21,25). The predicted octanol–water partition coefficient (Wildman–Crippen LogP) is 3.97. The van der Waals surface area contributed by atoms with E-state index in [1.807, 2.05) is 42.9 Å². The SMILES string of the molecule is Cc1cc(-n2c(C)cc(-c3csc(CC(=O)NCc4ccco4)n3)c2C)no1. The summed E-state index contributed by atoms with van der Waals surface area (Å²) in [6.07, 6.45) is 1.83. The van der Waals surface area contributed by atoms with E-state index in [4.69, 9.17) is 8.94 Å². The smallest absolute Gasteiger partial charge is 0.227 e. The van der Waals surface area contributed by atoms with Crippen LogP contribution < -0.4 is 5.32 Å². The molecule has 4 aromatic rings. The second-order valence-corrected chi connectivity index (χ2v) is 7.52. The molecule has 1 amide bonds. The van der Waals surface area contributed by atoms with Gasteiger partial charge in [0.25, 0.3) is 0 Å². The number of thiazole rings is 1. The molecule has 0 aromatic carbocycles. The summed E-state index contributed by atoms with van der Waals surface area (Å²) in [5.41, 5.74) is 3.96. The Hall–Kier alpha value is -3.13. The van der Waals surface area contributed by atoms with Gasteiger partial charge in [0.2, 0.25) is 5.91 Å². The summed E-state index contributed by atoms with van der Waals surface area (Å²) in [5, 5.41) is 9.71. The highest BCUT2D eigenvalue weighted by Gasteiger charge is 2.17. The lowest BCUT2D eigenvalue weighted by atomic mass is 10.2. The summed E-state index contributed by atoms with van der Waals surface area (Å²) in [6, 6.07) is 7.61. The van der Waals surface area contributed by atoms with E-state index in [0.29, 0.717) is 6.54 Å². The second-order valence-electron chi connectivity index (χ2n) is 6.58. The molecule has 7 nitrogen and oxygen atoms in total. The Labute approximate surface area is 166 Å². The number of aryl methyl sites for hydroxylation is 2. The summed E-state index contributed by atoms with van der Waals surface area (Å²) in [6.45, 7) is 6.30. The zero-order chi connectivity index (χ0) is 19.7. The molecule has 0 fully saturated rings. The molecule has 0 aliphatic carbocycles. The molecule has 4 heterocycles. The van der Waals surface area contributed by atoms with Crippen LogP contribution in [-0.2, 0) is 17.8 Å². The molecular weight excluding hydrogens is 376 g/mol. The largest absolute Gasteiger partial charge is 0.467 e. The third kappa shape index (κ3) is 3.63. The fourth-order valence-corrected chi connectivity index (χ4v) is 3.94. The van der Waals surface area contributed by atoms with Crippen LogP contribution in [0.15, 0.2) is 44.8 Å². The van der Waals surface area contributed by atoms with Crippen LogP contribution in [0.25, 0.3) is 17.1 Å².